The SMILES string of the molecule is I.NC(=NCCCN1CCOCC1)NC1COc2ccccc21. The van der Waals surface area contributed by atoms with Gasteiger partial charge in [0, 0.05) is 31.7 Å². The van der Waals surface area contributed by atoms with Crippen molar-refractivity contribution < 1.29 is 9.47 Å². The zero-order valence-electron chi connectivity index (χ0n) is 13.2. The van der Waals surface area contributed by atoms with E-state index in [1.807, 2.05) is 18.2 Å². The Morgan fingerprint density at radius 2 is 2.09 bits per heavy atom. The molecule has 0 aromatic heterocycles. The van der Waals surface area contributed by atoms with E-state index in [0.717, 1.165) is 57.1 Å². The number of aliphatic imine (C=N–C) groups is 1. The summed E-state index contributed by atoms with van der Waals surface area (Å²) in [5, 5.41) is 3.24. The number of guanidine groups is 1. The molecule has 1 fully saturated rings. The number of ether oxygens (including phenoxy) is 2. The van der Waals surface area contributed by atoms with Crippen LogP contribution >= 0.6 is 24.0 Å². The van der Waals surface area contributed by atoms with Crippen molar-refractivity contribution in [2.24, 2.45) is 10.7 Å². The molecule has 0 saturated carbocycles. The molecule has 1 atom stereocenters. The Balaban J connectivity index is 0.00000192. The maximum absolute atomic E-state index is 5.98. The van der Waals surface area contributed by atoms with Crippen LogP contribution in [0.25, 0.3) is 0 Å². The van der Waals surface area contributed by atoms with Crippen LogP contribution in [-0.2, 0) is 4.74 Å². The van der Waals surface area contributed by atoms with Gasteiger partial charge in [-0.1, -0.05) is 18.2 Å². The van der Waals surface area contributed by atoms with E-state index < -0.39 is 0 Å². The predicted molar refractivity (Wildman–Crippen MR) is 102 cm³/mol. The van der Waals surface area contributed by atoms with Gasteiger partial charge in [-0.3, -0.25) is 9.89 Å². The normalized spacial score (nSPS) is 21.2. The van der Waals surface area contributed by atoms with E-state index in [-0.39, 0.29) is 30.0 Å². The summed E-state index contributed by atoms with van der Waals surface area (Å²) in [7, 11) is 0. The molecule has 23 heavy (non-hydrogen) atoms. The number of nitrogens with zero attached hydrogens (tertiary/aromatic N) is 2. The fourth-order valence-electron chi connectivity index (χ4n) is 2.82. The van der Waals surface area contributed by atoms with Crippen LogP contribution in [-0.4, -0.2) is 56.9 Å². The molecule has 1 unspecified atom stereocenters. The minimum Gasteiger partial charge on any atom is -0.491 e. The number of para-hydroxylation sites is 1. The fraction of sp³-hybridized carbons (Fsp3) is 0.562. The molecular formula is C16H25IN4O2. The number of hydrogen-bond acceptors (Lipinski definition) is 4. The van der Waals surface area contributed by atoms with Crippen molar-refractivity contribution in [1.82, 2.24) is 10.2 Å². The lowest BCUT2D eigenvalue weighted by Crippen LogP contribution is -2.37. The van der Waals surface area contributed by atoms with Crippen molar-refractivity contribution in [1.29, 1.82) is 0 Å². The van der Waals surface area contributed by atoms with Gasteiger partial charge in [0.1, 0.15) is 12.4 Å². The molecule has 7 heteroatoms. The van der Waals surface area contributed by atoms with Gasteiger partial charge in [0.15, 0.2) is 5.96 Å². The van der Waals surface area contributed by atoms with Gasteiger partial charge >= 0.3 is 0 Å². The molecule has 0 amide bonds. The van der Waals surface area contributed by atoms with Crippen LogP contribution in [0.1, 0.15) is 18.0 Å². The third-order valence-corrected chi connectivity index (χ3v) is 4.04. The Morgan fingerprint density at radius 3 is 2.91 bits per heavy atom. The van der Waals surface area contributed by atoms with E-state index in [1.54, 1.807) is 0 Å². The Morgan fingerprint density at radius 1 is 1.30 bits per heavy atom. The van der Waals surface area contributed by atoms with Crippen LogP contribution in [0.5, 0.6) is 5.75 Å². The molecule has 1 aromatic carbocycles. The number of morpholine rings is 1. The standard InChI is InChI=1S/C16H24N4O2.HI/c17-16(18-6-3-7-20-8-10-21-11-9-20)19-14-12-22-15-5-2-1-4-13(14)15;/h1-2,4-5,14H,3,6-12H2,(H3,17,18,19);1H. The molecule has 2 heterocycles. The van der Waals surface area contributed by atoms with Crippen molar-refractivity contribution in [2.75, 3.05) is 46.0 Å². The van der Waals surface area contributed by atoms with E-state index in [0.29, 0.717) is 12.6 Å². The maximum atomic E-state index is 5.98. The van der Waals surface area contributed by atoms with E-state index in [1.165, 1.54) is 0 Å². The van der Waals surface area contributed by atoms with Gasteiger partial charge in [0.25, 0.3) is 0 Å². The molecule has 0 bridgehead atoms. The van der Waals surface area contributed by atoms with Gasteiger partial charge in [0.05, 0.1) is 19.3 Å². The van der Waals surface area contributed by atoms with E-state index in [9.17, 15) is 0 Å². The first-order valence-corrected chi connectivity index (χ1v) is 7.91. The number of nitrogens with two attached hydrogens (primary N) is 1. The van der Waals surface area contributed by atoms with E-state index in [2.05, 4.69) is 21.3 Å². The quantitative estimate of drug-likeness (QED) is 0.318. The second kappa shape index (κ2) is 9.29. The molecule has 0 radical (unpaired) electrons. The average molecular weight is 432 g/mol. The lowest BCUT2D eigenvalue weighted by atomic mass is 10.1. The van der Waals surface area contributed by atoms with Gasteiger partial charge in [-0.15, -0.1) is 24.0 Å². The van der Waals surface area contributed by atoms with Crippen LogP contribution in [0.3, 0.4) is 0 Å². The smallest absolute Gasteiger partial charge is 0.189 e. The van der Waals surface area contributed by atoms with Gasteiger partial charge in [-0.05, 0) is 12.5 Å². The Kier molecular flexibility index (Phi) is 7.38. The third-order valence-electron chi connectivity index (χ3n) is 4.04. The molecule has 3 N–H and O–H groups in total. The van der Waals surface area contributed by atoms with Crippen LogP contribution in [0.15, 0.2) is 29.3 Å². The lowest BCUT2D eigenvalue weighted by Gasteiger charge is -2.26. The summed E-state index contributed by atoms with van der Waals surface area (Å²) >= 11 is 0. The molecule has 1 aromatic rings. The molecule has 0 spiro atoms. The van der Waals surface area contributed by atoms with Crippen molar-refractivity contribution in [3.63, 3.8) is 0 Å². The number of nitrogens with one attached hydrogen (secondary N) is 1. The van der Waals surface area contributed by atoms with Crippen LogP contribution in [0, 0.1) is 0 Å². The van der Waals surface area contributed by atoms with Crippen molar-refractivity contribution in [3.05, 3.63) is 29.8 Å². The summed E-state index contributed by atoms with van der Waals surface area (Å²) in [5.41, 5.74) is 7.13. The molecule has 128 valence electrons. The highest BCUT2D eigenvalue weighted by atomic mass is 127. The van der Waals surface area contributed by atoms with Crippen LogP contribution in [0.2, 0.25) is 0 Å². The van der Waals surface area contributed by atoms with Crippen molar-refractivity contribution in [3.8, 4) is 5.75 Å². The first kappa shape index (κ1) is 18.3. The zero-order valence-corrected chi connectivity index (χ0v) is 15.6. The Hall–Kier alpha value is -1.06. The summed E-state index contributed by atoms with van der Waals surface area (Å²) in [6.45, 7) is 6.12. The highest BCUT2D eigenvalue weighted by molar-refractivity contribution is 14.0. The van der Waals surface area contributed by atoms with Gasteiger partial charge in [0.2, 0.25) is 0 Å². The molecule has 1 saturated heterocycles. The predicted octanol–water partition coefficient (Wildman–Crippen LogP) is 1.36. The van der Waals surface area contributed by atoms with Crippen molar-refractivity contribution in [2.45, 2.75) is 12.5 Å². The highest BCUT2D eigenvalue weighted by Gasteiger charge is 2.23. The number of benzene rings is 1. The van der Waals surface area contributed by atoms with Crippen LogP contribution in [0.4, 0.5) is 0 Å². The first-order chi connectivity index (χ1) is 10.8. The minimum atomic E-state index is 0. The first-order valence-electron chi connectivity index (χ1n) is 7.91. The van der Waals surface area contributed by atoms with Gasteiger partial charge in [-0.2, -0.15) is 0 Å². The lowest BCUT2D eigenvalue weighted by molar-refractivity contribution is 0.0377. The Bertz CT molecular complexity index is 521. The Labute approximate surface area is 154 Å². The monoisotopic (exact) mass is 432 g/mol. The molecule has 0 aliphatic carbocycles. The van der Waals surface area contributed by atoms with Crippen molar-refractivity contribution >= 4 is 29.9 Å². The number of rotatable bonds is 5. The zero-order chi connectivity index (χ0) is 15.2. The molecule has 2 aliphatic rings. The third kappa shape index (κ3) is 5.22. The number of fused-ring (bicyclic) bond motifs is 1. The van der Waals surface area contributed by atoms with Gasteiger partial charge < -0.3 is 20.5 Å². The average Bonchev–Trinajstić information content (AvgIpc) is 2.96. The summed E-state index contributed by atoms with van der Waals surface area (Å²) < 4.78 is 11.0. The van der Waals surface area contributed by atoms with E-state index >= 15 is 0 Å². The topological polar surface area (TPSA) is 72.1 Å². The second-order valence-electron chi connectivity index (χ2n) is 5.62. The largest absolute Gasteiger partial charge is 0.491 e. The molecule has 2 aliphatic heterocycles. The summed E-state index contributed by atoms with van der Waals surface area (Å²) in [6.07, 6.45) is 1.01. The summed E-state index contributed by atoms with van der Waals surface area (Å²) in [6, 6.07) is 8.12. The van der Waals surface area contributed by atoms with E-state index in [4.69, 9.17) is 15.2 Å². The van der Waals surface area contributed by atoms with Gasteiger partial charge in [-0.25, -0.2) is 0 Å². The minimum absolute atomic E-state index is 0. The summed E-state index contributed by atoms with van der Waals surface area (Å²) in [4.78, 5) is 6.82. The number of hydrogen-bond donors (Lipinski definition) is 2. The molecule has 3 rings (SSSR count). The number of halogens is 1. The fourth-order valence-corrected chi connectivity index (χ4v) is 2.82. The second-order valence-corrected chi connectivity index (χ2v) is 5.62. The molecular weight excluding hydrogens is 407 g/mol. The van der Waals surface area contributed by atoms with Crippen LogP contribution < -0.4 is 15.8 Å². The molecule has 6 nitrogen and oxygen atoms in total. The highest BCUT2D eigenvalue weighted by Crippen LogP contribution is 2.31. The maximum Gasteiger partial charge on any atom is 0.189 e. The summed E-state index contributed by atoms with van der Waals surface area (Å²) in [5.74, 6) is 1.42.